The molecule has 0 aromatic heterocycles. The van der Waals surface area contributed by atoms with Gasteiger partial charge in [-0.25, -0.2) is 0 Å². The predicted octanol–water partition coefficient (Wildman–Crippen LogP) is 3.30. The summed E-state index contributed by atoms with van der Waals surface area (Å²) in [6, 6.07) is 5.92. The molecule has 0 saturated heterocycles. The number of nitrogens with one attached hydrogen (secondary N) is 1. The lowest BCUT2D eigenvalue weighted by atomic mass is 9.98. The summed E-state index contributed by atoms with van der Waals surface area (Å²) in [5.41, 5.74) is 11.0. The molecule has 1 atom stereocenters. The number of nitrogens with zero attached hydrogens (tertiary/aromatic N) is 2. The van der Waals surface area contributed by atoms with Crippen LogP contribution in [0.25, 0.3) is 5.70 Å². The molecule has 0 aliphatic heterocycles. The van der Waals surface area contributed by atoms with Gasteiger partial charge in [0.2, 0.25) is 0 Å². The van der Waals surface area contributed by atoms with E-state index in [0.717, 1.165) is 29.8 Å². The fourth-order valence-corrected chi connectivity index (χ4v) is 2.04. The fourth-order valence-electron chi connectivity index (χ4n) is 2.04. The van der Waals surface area contributed by atoms with Crippen LogP contribution in [0.5, 0.6) is 5.75 Å². The maximum atomic E-state index is 5.77. The van der Waals surface area contributed by atoms with E-state index >= 15 is 0 Å². The minimum absolute atomic E-state index is 0.183. The Kier molecular flexibility index (Phi) is 7.60. The van der Waals surface area contributed by atoms with Crippen LogP contribution >= 0.6 is 0 Å². The number of nitrogens with two attached hydrogens (primary N) is 1. The molecule has 0 amide bonds. The first-order chi connectivity index (χ1) is 11.0. The van der Waals surface area contributed by atoms with Crippen molar-refractivity contribution in [3.63, 3.8) is 0 Å². The summed E-state index contributed by atoms with van der Waals surface area (Å²) in [6.07, 6.45) is 4.95. The van der Waals surface area contributed by atoms with Crippen LogP contribution in [0.4, 0.5) is 0 Å². The Hall–Kier alpha value is -2.56. The highest BCUT2D eigenvalue weighted by Gasteiger charge is 2.09. The van der Waals surface area contributed by atoms with Gasteiger partial charge in [0.25, 0.3) is 0 Å². The second-order valence-corrected chi connectivity index (χ2v) is 5.17. The first-order valence-corrected chi connectivity index (χ1v) is 7.60. The van der Waals surface area contributed by atoms with Crippen LogP contribution in [0.3, 0.4) is 0 Å². The molecule has 0 radical (unpaired) electrons. The Morgan fingerprint density at radius 1 is 1.48 bits per heavy atom. The number of benzene rings is 1. The largest absolute Gasteiger partial charge is 0.496 e. The zero-order valence-electron chi connectivity index (χ0n) is 14.2. The van der Waals surface area contributed by atoms with Crippen LogP contribution < -0.4 is 15.9 Å². The Morgan fingerprint density at radius 2 is 2.22 bits per heavy atom. The minimum atomic E-state index is 0.183. The standard InChI is InChI=1S/C18H26N4O/c1-6-11-21-18(22-20-4)10-7-13(2)15-8-9-16(14(3)19)17(12-15)23-5/h7-10,12-13H,3-4,6,11,19H2,1-2,5H3,(H,21,22)/b10-7-. The average Bonchev–Trinajstić information content (AvgIpc) is 2.56. The van der Waals surface area contributed by atoms with Crippen LogP contribution in [0.2, 0.25) is 0 Å². The fraction of sp³-hybridized carbons (Fsp3) is 0.333. The second-order valence-electron chi connectivity index (χ2n) is 5.17. The quantitative estimate of drug-likeness (QED) is 0.439. The van der Waals surface area contributed by atoms with Gasteiger partial charge in [0.05, 0.1) is 7.11 Å². The molecule has 0 heterocycles. The highest BCUT2D eigenvalue weighted by atomic mass is 16.5. The van der Waals surface area contributed by atoms with Crippen LogP contribution in [0, 0.1) is 0 Å². The molecule has 0 saturated carbocycles. The molecular weight excluding hydrogens is 288 g/mol. The summed E-state index contributed by atoms with van der Waals surface area (Å²) >= 11 is 0. The normalized spacial score (nSPS) is 12.9. The number of amidine groups is 1. The van der Waals surface area contributed by atoms with E-state index in [-0.39, 0.29) is 5.92 Å². The topological polar surface area (TPSA) is 72.0 Å². The predicted molar refractivity (Wildman–Crippen MR) is 99.0 cm³/mol. The first-order valence-electron chi connectivity index (χ1n) is 7.60. The Balaban J connectivity index is 2.96. The molecule has 0 bridgehead atoms. The Morgan fingerprint density at radius 3 is 2.78 bits per heavy atom. The van der Waals surface area contributed by atoms with Gasteiger partial charge in [0.1, 0.15) is 11.6 Å². The lowest BCUT2D eigenvalue weighted by molar-refractivity contribution is 0.413. The SMILES string of the molecule is C=NNC(/C=C\C(C)c1ccc(C(=C)N)c(OC)c1)=NCCC. The second kappa shape index (κ2) is 9.46. The number of methoxy groups -OCH3 is 1. The maximum absolute atomic E-state index is 5.77. The van der Waals surface area contributed by atoms with Crippen LogP contribution in [0.15, 0.2) is 47.0 Å². The van der Waals surface area contributed by atoms with Crippen molar-refractivity contribution in [2.75, 3.05) is 13.7 Å². The van der Waals surface area contributed by atoms with E-state index in [9.17, 15) is 0 Å². The number of ether oxygens (including phenoxy) is 1. The van der Waals surface area contributed by atoms with Crippen molar-refractivity contribution >= 4 is 18.3 Å². The van der Waals surface area contributed by atoms with Crippen molar-refractivity contribution in [1.82, 2.24) is 5.43 Å². The monoisotopic (exact) mass is 314 g/mol. The minimum Gasteiger partial charge on any atom is -0.496 e. The van der Waals surface area contributed by atoms with Gasteiger partial charge in [0.15, 0.2) is 0 Å². The van der Waals surface area contributed by atoms with Crippen molar-refractivity contribution in [3.8, 4) is 5.75 Å². The Labute approximate surface area is 138 Å². The lowest BCUT2D eigenvalue weighted by Gasteiger charge is -2.13. The average molecular weight is 314 g/mol. The first kappa shape index (κ1) is 18.5. The summed E-state index contributed by atoms with van der Waals surface area (Å²) in [6.45, 7) is 12.1. The maximum Gasteiger partial charge on any atom is 0.141 e. The van der Waals surface area contributed by atoms with E-state index in [2.05, 4.69) is 48.7 Å². The van der Waals surface area contributed by atoms with E-state index in [0.29, 0.717) is 11.5 Å². The molecule has 124 valence electrons. The molecule has 0 aliphatic carbocycles. The van der Waals surface area contributed by atoms with Gasteiger partial charge < -0.3 is 10.5 Å². The van der Waals surface area contributed by atoms with E-state index < -0.39 is 0 Å². The number of hydrazone groups is 1. The van der Waals surface area contributed by atoms with Gasteiger partial charge in [-0.15, -0.1) is 0 Å². The van der Waals surface area contributed by atoms with E-state index in [1.165, 1.54) is 0 Å². The summed E-state index contributed by atoms with van der Waals surface area (Å²) in [5.74, 6) is 1.61. The van der Waals surface area contributed by atoms with Crippen molar-refractivity contribution in [1.29, 1.82) is 0 Å². The molecule has 3 N–H and O–H groups in total. The number of allylic oxidation sites excluding steroid dienone is 1. The highest BCUT2D eigenvalue weighted by Crippen LogP contribution is 2.28. The van der Waals surface area contributed by atoms with Gasteiger partial charge in [-0.3, -0.25) is 10.4 Å². The van der Waals surface area contributed by atoms with E-state index in [4.69, 9.17) is 10.5 Å². The third kappa shape index (κ3) is 5.62. The number of hydrogen-bond donors (Lipinski definition) is 2. The van der Waals surface area contributed by atoms with Gasteiger partial charge >= 0.3 is 0 Å². The van der Waals surface area contributed by atoms with Crippen molar-refractivity contribution in [2.45, 2.75) is 26.2 Å². The molecule has 0 aliphatic rings. The van der Waals surface area contributed by atoms with Crippen LogP contribution in [-0.2, 0) is 0 Å². The molecule has 5 nitrogen and oxygen atoms in total. The smallest absolute Gasteiger partial charge is 0.141 e. The number of hydrogen-bond acceptors (Lipinski definition) is 4. The van der Waals surface area contributed by atoms with E-state index in [1.54, 1.807) is 7.11 Å². The van der Waals surface area contributed by atoms with Gasteiger partial charge in [0, 0.05) is 24.5 Å². The third-order valence-corrected chi connectivity index (χ3v) is 3.34. The highest BCUT2D eigenvalue weighted by molar-refractivity contribution is 5.92. The van der Waals surface area contributed by atoms with Gasteiger partial charge in [-0.2, -0.15) is 5.10 Å². The van der Waals surface area contributed by atoms with Crippen LogP contribution in [-0.4, -0.2) is 26.2 Å². The summed E-state index contributed by atoms with van der Waals surface area (Å²) in [7, 11) is 1.63. The molecule has 0 fully saturated rings. The van der Waals surface area contributed by atoms with Crippen LogP contribution in [0.1, 0.15) is 37.3 Å². The molecule has 1 unspecified atom stereocenters. The van der Waals surface area contributed by atoms with Crippen molar-refractivity contribution < 1.29 is 4.74 Å². The molecule has 23 heavy (non-hydrogen) atoms. The number of aliphatic imine (C=N–C) groups is 1. The molecule has 5 heteroatoms. The zero-order valence-corrected chi connectivity index (χ0v) is 14.2. The zero-order chi connectivity index (χ0) is 17.2. The third-order valence-electron chi connectivity index (χ3n) is 3.34. The molecular formula is C18H26N4O. The summed E-state index contributed by atoms with van der Waals surface area (Å²) < 4.78 is 5.39. The molecule has 1 aromatic carbocycles. The van der Waals surface area contributed by atoms with Gasteiger partial charge in [-0.05, 0) is 36.1 Å². The van der Waals surface area contributed by atoms with E-state index in [1.807, 2.05) is 24.3 Å². The number of rotatable bonds is 8. The summed E-state index contributed by atoms with van der Waals surface area (Å²) in [4.78, 5) is 4.40. The Bertz CT molecular complexity index is 605. The lowest BCUT2D eigenvalue weighted by Crippen LogP contribution is -2.15. The molecule has 1 aromatic rings. The summed E-state index contributed by atoms with van der Waals surface area (Å²) in [5, 5.41) is 3.67. The molecule has 1 rings (SSSR count). The van der Waals surface area contributed by atoms with Crippen molar-refractivity contribution in [3.05, 3.63) is 48.1 Å². The molecule has 0 spiro atoms. The van der Waals surface area contributed by atoms with Crippen molar-refractivity contribution in [2.24, 2.45) is 15.8 Å². The van der Waals surface area contributed by atoms with Gasteiger partial charge in [-0.1, -0.05) is 32.6 Å².